The first-order valence-corrected chi connectivity index (χ1v) is 7.90. The third-order valence-electron chi connectivity index (χ3n) is 3.61. The minimum Gasteiger partial charge on any atom is -0.366 e. The van der Waals surface area contributed by atoms with Gasteiger partial charge < -0.3 is 20.3 Å². The molecule has 1 saturated heterocycles. The van der Waals surface area contributed by atoms with Gasteiger partial charge in [-0.1, -0.05) is 12.2 Å². The molecule has 0 spiro atoms. The zero-order chi connectivity index (χ0) is 17.4. The molecule has 0 radical (unpaired) electrons. The van der Waals surface area contributed by atoms with Gasteiger partial charge in [-0.2, -0.15) is 0 Å². The van der Waals surface area contributed by atoms with E-state index < -0.39 is 6.10 Å². The maximum atomic E-state index is 12.4. The molecule has 0 bridgehead atoms. The Hall–Kier alpha value is -2.44. The summed E-state index contributed by atoms with van der Waals surface area (Å²) in [6.45, 7) is 10.0. The number of amides is 2. The number of ether oxygens (including phenoxy) is 1. The molecule has 128 valence electrons. The zero-order valence-corrected chi connectivity index (χ0v) is 13.7. The van der Waals surface area contributed by atoms with E-state index in [1.807, 2.05) is 0 Å². The van der Waals surface area contributed by atoms with Gasteiger partial charge in [-0.05, 0) is 24.3 Å². The fraction of sp³-hybridized carbons (Fsp3) is 0.333. The number of morpholine rings is 1. The molecule has 2 rings (SSSR count). The van der Waals surface area contributed by atoms with E-state index in [-0.39, 0.29) is 11.8 Å². The summed E-state index contributed by atoms with van der Waals surface area (Å²) in [5.74, 6) is -0.297. The molecule has 24 heavy (non-hydrogen) atoms. The molecule has 0 aromatic heterocycles. The molecular formula is C18H23N3O3. The number of nitrogens with one attached hydrogen (secondary N) is 2. The highest BCUT2D eigenvalue weighted by molar-refractivity contribution is 5.97. The Morgan fingerprint density at radius 3 is 2.46 bits per heavy atom. The first-order valence-electron chi connectivity index (χ1n) is 7.90. The van der Waals surface area contributed by atoms with Gasteiger partial charge in [-0.3, -0.25) is 9.59 Å². The average Bonchev–Trinajstić information content (AvgIpc) is 2.62. The van der Waals surface area contributed by atoms with Gasteiger partial charge in [0.25, 0.3) is 11.8 Å². The van der Waals surface area contributed by atoms with Crippen LogP contribution in [0.3, 0.4) is 0 Å². The lowest BCUT2D eigenvalue weighted by Crippen LogP contribution is -2.45. The minimum absolute atomic E-state index is 0.104. The van der Waals surface area contributed by atoms with Crippen LogP contribution in [0.4, 0.5) is 5.69 Å². The van der Waals surface area contributed by atoms with Gasteiger partial charge in [0.1, 0.15) is 6.10 Å². The van der Waals surface area contributed by atoms with Crippen molar-refractivity contribution in [2.45, 2.75) is 6.10 Å². The van der Waals surface area contributed by atoms with Crippen molar-refractivity contribution in [1.29, 1.82) is 0 Å². The summed E-state index contributed by atoms with van der Waals surface area (Å²) >= 11 is 0. The van der Waals surface area contributed by atoms with Gasteiger partial charge in [0.2, 0.25) is 0 Å². The SMILES string of the molecule is C=CCN(CC=C)C(=O)c1ccc(NC(=O)C2CNCCO2)cc1. The number of rotatable bonds is 7. The molecule has 0 aliphatic carbocycles. The van der Waals surface area contributed by atoms with Crippen molar-refractivity contribution < 1.29 is 14.3 Å². The first kappa shape index (κ1) is 17.9. The van der Waals surface area contributed by atoms with Crippen LogP contribution in [0.15, 0.2) is 49.6 Å². The molecule has 1 heterocycles. The summed E-state index contributed by atoms with van der Waals surface area (Å²) in [5, 5.41) is 5.91. The quantitative estimate of drug-likeness (QED) is 0.743. The molecule has 1 aliphatic rings. The summed E-state index contributed by atoms with van der Waals surface area (Å²) in [4.78, 5) is 26.1. The smallest absolute Gasteiger partial charge is 0.254 e. The molecular weight excluding hydrogens is 306 g/mol. The van der Waals surface area contributed by atoms with Crippen molar-refractivity contribution in [3.8, 4) is 0 Å². The minimum atomic E-state index is -0.490. The van der Waals surface area contributed by atoms with Crippen LogP contribution in [-0.2, 0) is 9.53 Å². The van der Waals surface area contributed by atoms with Gasteiger partial charge in [0.15, 0.2) is 0 Å². The highest BCUT2D eigenvalue weighted by Crippen LogP contribution is 2.13. The Labute approximate surface area is 142 Å². The van der Waals surface area contributed by atoms with Gasteiger partial charge in [0.05, 0.1) is 6.61 Å². The van der Waals surface area contributed by atoms with Gasteiger partial charge in [0, 0.05) is 37.4 Å². The summed E-state index contributed by atoms with van der Waals surface area (Å²) in [5.41, 5.74) is 1.18. The third kappa shape index (κ3) is 4.78. The Kier molecular flexibility index (Phi) is 6.72. The van der Waals surface area contributed by atoms with E-state index in [0.29, 0.717) is 37.5 Å². The molecule has 1 atom stereocenters. The largest absolute Gasteiger partial charge is 0.366 e. The number of nitrogens with zero attached hydrogens (tertiary/aromatic N) is 1. The Morgan fingerprint density at radius 2 is 1.92 bits per heavy atom. The van der Waals surface area contributed by atoms with Crippen LogP contribution in [0.1, 0.15) is 10.4 Å². The highest BCUT2D eigenvalue weighted by Gasteiger charge is 2.21. The normalized spacial score (nSPS) is 16.9. The van der Waals surface area contributed by atoms with Crippen molar-refractivity contribution in [1.82, 2.24) is 10.2 Å². The molecule has 6 nitrogen and oxygen atoms in total. The third-order valence-corrected chi connectivity index (χ3v) is 3.61. The van der Waals surface area contributed by atoms with Gasteiger partial charge >= 0.3 is 0 Å². The van der Waals surface area contributed by atoms with Crippen LogP contribution < -0.4 is 10.6 Å². The van der Waals surface area contributed by atoms with E-state index in [1.54, 1.807) is 41.3 Å². The number of carbonyl (C=O) groups excluding carboxylic acids is 2. The van der Waals surface area contributed by atoms with Gasteiger partial charge in [-0.15, -0.1) is 13.2 Å². The van der Waals surface area contributed by atoms with Crippen molar-refractivity contribution in [3.63, 3.8) is 0 Å². The summed E-state index contributed by atoms with van der Waals surface area (Å²) < 4.78 is 5.41. The predicted molar refractivity (Wildman–Crippen MR) is 94.0 cm³/mol. The topological polar surface area (TPSA) is 70.7 Å². The number of carbonyl (C=O) groups is 2. The maximum absolute atomic E-state index is 12.4. The number of benzene rings is 1. The maximum Gasteiger partial charge on any atom is 0.254 e. The van der Waals surface area contributed by atoms with Crippen LogP contribution in [0.5, 0.6) is 0 Å². The van der Waals surface area contributed by atoms with Crippen molar-refractivity contribution in [2.75, 3.05) is 38.1 Å². The molecule has 0 saturated carbocycles. The summed E-state index contributed by atoms with van der Waals surface area (Å²) in [6, 6.07) is 6.80. The van der Waals surface area contributed by atoms with E-state index in [0.717, 1.165) is 6.54 Å². The monoisotopic (exact) mass is 329 g/mol. The Bertz CT molecular complexity index is 582. The lowest BCUT2D eigenvalue weighted by molar-refractivity contribution is -0.128. The molecule has 2 amide bonds. The number of hydrogen-bond acceptors (Lipinski definition) is 4. The lowest BCUT2D eigenvalue weighted by Gasteiger charge is -2.23. The predicted octanol–water partition coefficient (Wildman–Crippen LogP) is 1.43. The number of anilines is 1. The summed E-state index contributed by atoms with van der Waals surface area (Å²) in [6.07, 6.45) is 2.86. The fourth-order valence-corrected chi connectivity index (χ4v) is 2.39. The molecule has 6 heteroatoms. The number of hydrogen-bond donors (Lipinski definition) is 2. The van der Waals surface area contributed by atoms with Crippen molar-refractivity contribution >= 4 is 17.5 Å². The average molecular weight is 329 g/mol. The Morgan fingerprint density at radius 1 is 1.25 bits per heavy atom. The standard InChI is InChI=1S/C18H23N3O3/c1-3-10-21(11-4-2)18(23)14-5-7-15(8-6-14)20-17(22)16-13-19-9-12-24-16/h3-8,16,19H,1-2,9-13H2,(H,20,22). The fourth-order valence-electron chi connectivity index (χ4n) is 2.39. The highest BCUT2D eigenvalue weighted by atomic mass is 16.5. The molecule has 1 unspecified atom stereocenters. The van der Waals surface area contributed by atoms with Crippen LogP contribution in [0, 0.1) is 0 Å². The van der Waals surface area contributed by atoms with Crippen LogP contribution in [0.25, 0.3) is 0 Å². The second kappa shape index (κ2) is 9.00. The van der Waals surface area contributed by atoms with Crippen molar-refractivity contribution in [3.05, 3.63) is 55.1 Å². The van der Waals surface area contributed by atoms with E-state index in [9.17, 15) is 9.59 Å². The van der Waals surface area contributed by atoms with Crippen LogP contribution in [-0.4, -0.2) is 55.6 Å². The molecule has 2 N–H and O–H groups in total. The second-order valence-corrected chi connectivity index (χ2v) is 5.42. The van der Waals surface area contributed by atoms with Crippen molar-refractivity contribution in [2.24, 2.45) is 0 Å². The van der Waals surface area contributed by atoms with Crippen LogP contribution >= 0.6 is 0 Å². The lowest BCUT2D eigenvalue weighted by atomic mass is 10.1. The Balaban J connectivity index is 1.98. The van der Waals surface area contributed by atoms with E-state index >= 15 is 0 Å². The molecule has 1 aromatic carbocycles. The van der Waals surface area contributed by atoms with E-state index in [4.69, 9.17) is 4.74 Å². The summed E-state index contributed by atoms with van der Waals surface area (Å²) in [7, 11) is 0. The zero-order valence-electron chi connectivity index (χ0n) is 13.7. The van der Waals surface area contributed by atoms with E-state index in [2.05, 4.69) is 23.8 Å². The first-order chi connectivity index (χ1) is 11.7. The molecule has 1 aliphatic heterocycles. The van der Waals surface area contributed by atoms with Gasteiger partial charge in [-0.25, -0.2) is 0 Å². The van der Waals surface area contributed by atoms with Crippen LogP contribution in [0.2, 0.25) is 0 Å². The van der Waals surface area contributed by atoms with E-state index in [1.165, 1.54) is 0 Å². The second-order valence-electron chi connectivity index (χ2n) is 5.42. The molecule has 1 fully saturated rings. The molecule has 1 aromatic rings.